The molecule has 4 heteroatoms. The third-order valence-corrected chi connectivity index (χ3v) is 2.13. The molecule has 3 nitrogen and oxygen atoms in total. The highest BCUT2D eigenvalue weighted by atomic mass is 19.1. The molecule has 15 heavy (non-hydrogen) atoms. The lowest BCUT2D eigenvalue weighted by Crippen LogP contribution is -2.26. The van der Waals surface area contributed by atoms with Crippen molar-refractivity contribution in [2.24, 2.45) is 0 Å². The van der Waals surface area contributed by atoms with Gasteiger partial charge in [0.2, 0.25) is 0 Å². The van der Waals surface area contributed by atoms with Gasteiger partial charge in [-0.05, 0) is 25.1 Å². The fourth-order valence-electron chi connectivity index (χ4n) is 1.41. The Labute approximate surface area is 88.4 Å². The van der Waals surface area contributed by atoms with Gasteiger partial charge in [0.1, 0.15) is 5.82 Å². The molecule has 0 aliphatic carbocycles. The minimum absolute atomic E-state index is 0.00619. The molecule has 1 aromatic rings. The summed E-state index contributed by atoms with van der Waals surface area (Å²) in [5.41, 5.74) is 0.921. The first-order chi connectivity index (χ1) is 7.21. The van der Waals surface area contributed by atoms with Crippen LogP contribution in [0.15, 0.2) is 18.2 Å². The van der Waals surface area contributed by atoms with E-state index >= 15 is 0 Å². The van der Waals surface area contributed by atoms with E-state index in [1.807, 2.05) is 17.9 Å². The zero-order chi connectivity index (χ0) is 11.3. The maximum Gasteiger partial charge on any atom is 0.126 e. The van der Waals surface area contributed by atoms with E-state index in [-0.39, 0.29) is 6.61 Å². The Bertz CT molecular complexity index is 373. The van der Waals surface area contributed by atoms with Gasteiger partial charge in [-0.3, -0.25) is 0 Å². The normalized spacial score (nSPS) is 9.73. The van der Waals surface area contributed by atoms with Crippen LogP contribution in [0, 0.1) is 17.1 Å². The Morgan fingerprint density at radius 3 is 2.73 bits per heavy atom. The van der Waals surface area contributed by atoms with Gasteiger partial charge in [0, 0.05) is 18.8 Å². The number of likely N-dealkylation sites (N-methyl/N-ethyl adjacent to an activating group) is 1. The highest BCUT2D eigenvalue weighted by molar-refractivity contribution is 5.51. The van der Waals surface area contributed by atoms with E-state index in [2.05, 4.69) is 0 Å². The van der Waals surface area contributed by atoms with Crippen molar-refractivity contribution in [2.75, 3.05) is 24.6 Å². The van der Waals surface area contributed by atoms with Crippen molar-refractivity contribution < 1.29 is 9.50 Å². The Morgan fingerprint density at radius 1 is 1.47 bits per heavy atom. The van der Waals surface area contributed by atoms with E-state index in [1.54, 1.807) is 6.07 Å². The van der Waals surface area contributed by atoms with Crippen molar-refractivity contribution >= 4 is 5.69 Å². The zero-order valence-corrected chi connectivity index (χ0v) is 8.57. The van der Waals surface area contributed by atoms with Crippen LogP contribution in [-0.4, -0.2) is 24.8 Å². The average molecular weight is 208 g/mol. The van der Waals surface area contributed by atoms with E-state index < -0.39 is 5.82 Å². The van der Waals surface area contributed by atoms with Crippen LogP contribution in [0.3, 0.4) is 0 Å². The predicted octanol–water partition coefficient (Wildman–Crippen LogP) is 1.52. The van der Waals surface area contributed by atoms with E-state index in [0.717, 1.165) is 0 Å². The predicted molar refractivity (Wildman–Crippen MR) is 56.1 cm³/mol. The van der Waals surface area contributed by atoms with E-state index in [0.29, 0.717) is 24.3 Å². The molecule has 0 spiro atoms. The molecular formula is C11H13FN2O. The summed E-state index contributed by atoms with van der Waals surface area (Å²) >= 11 is 0. The van der Waals surface area contributed by atoms with Crippen LogP contribution in [0.2, 0.25) is 0 Å². The van der Waals surface area contributed by atoms with Gasteiger partial charge in [-0.15, -0.1) is 0 Å². The van der Waals surface area contributed by atoms with Crippen molar-refractivity contribution in [3.8, 4) is 6.07 Å². The smallest absolute Gasteiger partial charge is 0.126 e. The highest BCUT2D eigenvalue weighted by Gasteiger charge is 2.06. The standard InChI is InChI=1S/C11H13FN2O/c1-2-14(3-4-15)11-6-9(8-13)5-10(12)7-11/h5-7,15H,2-4H2,1H3. The molecular weight excluding hydrogens is 195 g/mol. The minimum Gasteiger partial charge on any atom is -0.395 e. The summed E-state index contributed by atoms with van der Waals surface area (Å²) in [4.78, 5) is 1.81. The Hall–Kier alpha value is -1.60. The van der Waals surface area contributed by atoms with Crippen LogP contribution in [0.1, 0.15) is 12.5 Å². The lowest BCUT2D eigenvalue weighted by atomic mass is 10.2. The van der Waals surface area contributed by atoms with Gasteiger partial charge in [0.15, 0.2) is 0 Å². The fourth-order valence-corrected chi connectivity index (χ4v) is 1.41. The number of benzene rings is 1. The number of hydrogen-bond acceptors (Lipinski definition) is 3. The molecule has 0 atom stereocenters. The molecule has 0 aliphatic heterocycles. The topological polar surface area (TPSA) is 47.3 Å². The molecule has 0 bridgehead atoms. The third kappa shape index (κ3) is 2.93. The molecule has 1 rings (SSSR count). The molecule has 80 valence electrons. The van der Waals surface area contributed by atoms with Gasteiger partial charge in [-0.25, -0.2) is 4.39 Å². The number of aliphatic hydroxyl groups is 1. The SMILES string of the molecule is CCN(CCO)c1cc(F)cc(C#N)c1. The van der Waals surface area contributed by atoms with Gasteiger partial charge in [0.05, 0.1) is 18.2 Å². The van der Waals surface area contributed by atoms with Gasteiger partial charge in [0.25, 0.3) is 0 Å². The van der Waals surface area contributed by atoms with Gasteiger partial charge in [-0.1, -0.05) is 0 Å². The minimum atomic E-state index is -0.430. The third-order valence-electron chi connectivity index (χ3n) is 2.13. The van der Waals surface area contributed by atoms with Crippen molar-refractivity contribution in [2.45, 2.75) is 6.92 Å². The summed E-state index contributed by atoms with van der Waals surface area (Å²) in [5.74, 6) is -0.430. The quantitative estimate of drug-likeness (QED) is 0.816. The molecule has 0 aliphatic rings. The first kappa shape index (κ1) is 11.5. The molecule has 1 aromatic carbocycles. The van der Waals surface area contributed by atoms with Crippen molar-refractivity contribution in [3.05, 3.63) is 29.6 Å². The number of hydrogen-bond donors (Lipinski definition) is 1. The van der Waals surface area contributed by atoms with Crippen LogP contribution in [0.25, 0.3) is 0 Å². The Balaban J connectivity index is 3.02. The summed E-state index contributed by atoms with van der Waals surface area (Å²) in [5, 5.41) is 17.5. The Morgan fingerprint density at radius 2 is 2.20 bits per heavy atom. The number of aliphatic hydroxyl groups excluding tert-OH is 1. The lowest BCUT2D eigenvalue weighted by Gasteiger charge is -2.22. The largest absolute Gasteiger partial charge is 0.395 e. The van der Waals surface area contributed by atoms with E-state index in [4.69, 9.17) is 10.4 Å². The number of anilines is 1. The second-order valence-electron chi connectivity index (χ2n) is 3.11. The van der Waals surface area contributed by atoms with Gasteiger partial charge >= 0.3 is 0 Å². The lowest BCUT2D eigenvalue weighted by molar-refractivity contribution is 0.302. The molecule has 0 heterocycles. The first-order valence-corrected chi connectivity index (χ1v) is 4.77. The van der Waals surface area contributed by atoms with Crippen LogP contribution in [0.5, 0.6) is 0 Å². The van der Waals surface area contributed by atoms with Crippen LogP contribution in [0.4, 0.5) is 10.1 Å². The number of nitrogens with zero attached hydrogens (tertiary/aromatic N) is 2. The van der Waals surface area contributed by atoms with Crippen LogP contribution in [-0.2, 0) is 0 Å². The number of rotatable bonds is 4. The van der Waals surface area contributed by atoms with Gasteiger partial charge < -0.3 is 10.0 Å². The summed E-state index contributed by atoms with van der Waals surface area (Å²) in [6, 6.07) is 6.07. The molecule has 1 N–H and O–H groups in total. The Kier molecular flexibility index (Phi) is 4.07. The first-order valence-electron chi connectivity index (χ1n) is 4.77. The van der Waals surface area contributed by atoms with Crippen molar-refractivity contribution in [1.29, 1.82) is 5.26 Å². The number of nitriles is 1. The van der Waals surface area contributed by atoms with E-state index in [1.165, 1.54) is 12.1 Å². The maximum atomic E-state index is 13.1. The van der Waals surface area contributed by atoms with Gasteiger partial charge in [-0.2, -0.15) is 5.26 Å². The molecule has 0 saturated carbocycles. The summed E-state index contributed by atoms with van der Waals surface area (Å²) < 4.78 is 13.1. The number of halogens is 1. The summed E-state index contributed by atoms with van der Waals surface area (Å²) in [6.07, 6.45) is 0. The fraction of sp³-hybridized carbons (Fsp3) is 0.364. The molecule has 0 saturated heterocycles. The van der Waals surface area contributed by atoms with E-state index in [9.17, 15) is 4.39 Å². The molecule has 0 fully saturated rings. The molecule has 0 radical (unpaired) electrons. The van der Waals surface area contributed by atoms with Crippen molar-refractivity contribution in [3.63, 3.8) is 0 Å². The second-order valence-corrected chi connectivity index (χ2v) is 3.11. The summed E-state index contributed by atoms with van der Waals surface area (Å²) in [6.45, 7) is 3.01. The average Bonchev–Trinajstić information content (AvgIpc) is 2.24. The highest BCUT2D eigenvalue weighted by Crippen LogP contribution is 2.17. The maximum absolute atomic E-state index is 13.1. The van der Waals surface area contributed by atoms with Crippen molar-refractivity contribution in [1.82, 2.24) is 0 Å². The molecule has 0 unspecified atom stereocenters. The molecule has 0 aromatic heterocycles. The van der Waals surface area contributed by atoms with Crippen LogP contribution >= 0.6 is 0 Å². The summed E-state index contributed by atoms with van der Waals surface area (Å²) in [7, 11) is 0. The van der Waals surface area contributed by atoms with Crippen LogP contribution < -0.4 is 4.90 Å². The second kappa shape index (κ2) is 5.32. The zero-order valence-electron chi connectivity index (χ0n) is 8.57. The molecule has 0 amide bonds. The monoisotopic (exact) mass is 208 g/mol.